The topological polar surface area (TPSA) is 64.4 Å². The third-order valence-corrected chi connectivity index (χ3v) is 6.51. The Morgan fingerprint density at radius 2 is 1.76 bits per heavy atom. The van der Waals surface area contributed by atoms with Gasteiger partial charge in [-0.2, -0.15) is 0 Å². The summed E-state index contributed by atoms with van der Waals surface area (Å²) < 4.78 is 7.29. The first-order chi connectivity index (χ1) is 16.5. The summed E-state index contributed by atoms with van der Waals surface area (Å²) in [7, 11) is 0. The van der Waals surface area contributed by atoms with E-state index in [0.717, 1.165) is 11.1 Å². The second-order valence-corrected chi connectivity index (χ2v) is 8.86. The molecule has 8 heteroatoms. The summed E-state index contributed by atoms with van der Waals surface area (Å²) in [5, 5.41) is 0.824. The van der Waals surface area contributed by atoms with E-state index in [2.05, 4.69) is 0 Å². The van der Waals surface area contributed by atoms with Crippen molar-refractivity contribution in [3.63, 3.8) is 0 Å². The zero-order valence-electron chi connectivity index (χ0n) is 18.3. The Kier molecular flexibility index (Phi) is 6.02. The summed E-state index contributed by atoms with van der Waals surface area (Å²) >= 11 is 12.8. The van der Waals surface area contributed by atoms with Crippen LogP contribution in [-0.4, -0.2) is 28.0 Å². The lowest BCUT2D eigenvalue weighted by Gasteiger charge is -2.38. The second-order valence-electron chi connectivity index (χ2n) is 8.02. The summed E-state index contributed by atoms with van der Waals surface area (Å²) in [6, 6.07) is 21.5. The Labute approximate surface area is 206 Å². The average molecular weight is 494 g/mol. The van der Waals surface area contributed by atoms with Gasteiger partial charge in [0.05, 0.1) is 30.2 Å². The normalized spacial score (nSPS) is 17.6. The van der Waals surface area contributed by atoms with Gasteiger partial charge in [0, 0.05) is 10.0 Å². The van der Waals surface area contributed by atoms with Crippen molar-refractivity contribution in [1.82, 2.24) is 9.55 Å². The molecular weight excluding hydrogens is 473 g/mol. The van der Waals surface area contributed by atoms with E-state index in [4.69, 9.17) is 32.9 Å². The van der Waals surface area contributed by atoms with Crippen molar-refractivity contribution in [1.29, 1.82) is 0 Å². The number of fused-ring (bicyclic) bond motifs is 3. The lowest BCUT2D eigenvalue weighted by Crippen LogP contribution is -2.49. The molecule has 3 aromatic carbocycles. The molecule has 2 unspecified atom stereocenters. The van der Waals surface area contributed by atoms with Crippen molar-refractivity contribution in [2.75, 3.05) is 11.5 Å². The van der Waals surface area contributed by atoms with Crippen molar-refractivity contribution >= 4 is 52.1 Å². The number of halogens is 2. The number of anilines is 1. The van der Waals surface area contributed by atoms with Gasteiger partial charge in [-0.05, 0) is 42.3 Å². The van der Waals surface area contributed by atoms with E-state index >= 15 is 0 Å². The fourth-order valence-electron chi connectivity index (χ4n) is 4.48. The Bertz CT molecular complexity index is 1390. The molecule has 0 saturated heterocycles. The SMILES string of the molecule is CCOC(=O)C1C(=O)N(Cc2ccccc2)c2nc3ccccc3n2C1c1ccc(Cl)cc1Cl. The van der Waals surface area contributed by atoms with Crippen molar-refractivity contribution in [3.8, 4) is 0 Å². The number of nitrogens with zero attached hydrogens (tertiary/aromatic N) is 3. The third kappa shape index (κ3) is 3.83. The molecule has 0 aliphatic carbocycles. The molecule has 1 aliphatic heterocycles. The van der Waals surface area contributed by atoms with Crippen molar-refractivity contribution < 1.29 is 14.3 Å². The number of esters is 1. The summed E-state index contributed by atoms with van der Waals surface area (Å²) in [5.41, 5.74) is 3.01. The molecule has 0 radical (unpaired) electrons. The first-order valence-corrected chi connectivity index (χ1v) is 11.7. The predicted molar refractivity (Wildman–Crippen MR) is 132 cm³/mol. The zero-order valence-corrected chi connectivity index (χ0v) is 19.8. The number of benzene rings is 3. The van der Waals surface area contributed by atoms with E-state index in [0.29, 0.717) is 27.1 Å². The summed E-state index contributed by atoms with van der Waals surface area (Å²) in [6.45, 7) is 2.13. The molecule has 0 fully saturated rings. The van der Waals surface area contributed by atoms with Crippen molar-refractivity contribution in [2.45, 2.75) is 19.5 Å². The molecule has 6 nitrogen and oxygen atoms in total. The fourth-order valence-corrected chi connectivity index (χ4v) is 5.00. The van der Waals surface area contributed by atoms with E-state index in [-0.39, 0.29) is 19.1 Å². The first kappa shape index (κ1) is 22.4. The van der Waals surface area contributed by atoms with Crippen molar-refractivity contribution in [3.05, 3.63) is 94.0 Å². The average Bonchev–Trinajstić information content (AvgIpc) is 3.21. The molecule has 34 heavy (non-hydrogen) atoms. The van der Waals surface area contributed by atoms with Crippen LogP contribution < -0.4 is 4.90 Å². The minimum Gasteiger partial charge on any atom is -0.465 e. The molecule has 172 valence electrons. The third-order valence-electron chi connectivity index (χ3n) is 5.95. The van der Waals surface area contributed by atoms with Gasteiger partial charge >= 0.3 is 5.97 Å². The van der Waals surface area contributed by atoms with Crippen LogP contribution in [0.2, 0.25) is 10.0 Å². The molecule has 2 heterocycles. The molecule has 0 saturated carbocycles. The van der Waals surface area contributed by atoms with Crippen LogP contribution in [-0.2, 0) is 20.9 Å². The number of carbonyl (C=O) groups excluding carboxylic acids is 2. The van der Waals surface area contributed by atoms with Gasteiger partial charge in [0.2, 0.25) is 11.9 Å². The monoisotopic (exact) mass is 493 g/mol. The lowest BCUT2D eigenvalue weighted by molar-refractivity contribution is -0.153. The molecule has 0 N–H and O–H groups in total. The maximum atomic E-state index is 14.0. The van der Waals surface area contributed by atoms with E-state index in [1.54, 1.807) is 30.0 Å². The van der Waals surface area contributed by atoms with Gasteiger partial charge in [-0.25, -0.2) is 4.98 Å². The Morgan fingerprint density at radius 1 is 1.03 bits per heavy atom. The molecule has 1 amide bonds. The number of aromatic nitrogens is 2. The maximum Gasteiger partial charge on any atom is 0.321 e. The van der Waals surface area contributed by atoms with E-state index in [1.165, 1.54) is 0 Å². The quantitative estimate of drug-likeness (QED) is 0.265. The minimum atomic E-state index is -1.15. The maximum absolute atomic E-state index is 14.0. The number of rotatable bonds is 5. The van der Waals surface area contributed by atoms with E-state index < -0.39 is 17.9 Å². The van der Waals surface area contributed by atoms with Gasteiger partial charge in [0.1, 0.15) is 0 Å². The zero-order chi connectivity index (χ0) is 23.8. The first-order valence-electron chi connectivity index (χ1n) is 10.9. The van der Waals surface area contributed by atoms with Gasteiger partial charge in [-0.1, -0.05) is 71.7 Å². The van der Waals surface area contributed by atoms with Crippen LogP contribution in [0.15, 0.2) is 72.8 Å². The fraction of sp³-hybridized carbons (Fsp3) is 0.192. The van der Waals surface area contributed by atoms with Crippen LogP contribution in [0.4, 0.5) is 5.95 Å². The van der Waals surface area contributed by atoms with Crippen LogP contribution in [0.3, 0.4) is 0 Å². The minimum absolute atomic E-state index is 0.153. The van der Waals surface area contributed by atoms with Gasteiger partial charge in [0.25, 0.3) is 0 Å². The lowest BCUT2D eigenvalue weighted by atomic mass is 9.89. The molecule has 5 rings (SSSR count). The summed E-state index contributed by atoms with van der Waals surface area (Å²) in [4.78, 5) is 33.6. The highest BCUT2D eigenvalue weighted by Crippen LogP contribution is 2.44. The van der Waals surface area contributed by atoms with Crippen LogP contribution in [0.5, 0.6) is 0 Å². The van der Waals surface area contributed by atoms with Gasteiger partial charge < -0.3 is 9.30 Å². The Hall–Kier alpha value is -3.35. The van der Waals surface area contributed by atoms with Crippen LogP contribution in [0.1, 0.15) is 24.1 Å². The van der Waals surface area contributed by atoms with E-state index in [9.17, 15) is 9.59 Å². The molecule has 1 aromatic heterocycles. The number of carbonyl (C=O) groups is 2. The van der Waals surface area contributed by atoms with E-state index in [1.807, 2.05) is 59.2 Å². The number of hydrogen-bond donors (Lipinski definition) is 0. The Morgan fingerprint density at radius 3 is 2.50 bits per heavy atom. The number of hydrogen-bond acceptors (Lipinski definition) is 4. The largest absolute Gasteiger partial charge is 0.465 e. The number of para-hydroxylation sites is 2. The Balaban J connectivity index is 1.77. The highest BCUT2D eigenvalue weighted by molar-refractivity contribution is 6.35. The molecular formula is C26H21Cl2N3O3. The van der Waals surface area contributed by atoms with Gasteiger partial charge in [-0.3, -0.25) is 14.5 Å². The van der Waals surface area contributed by atoms with Gasteiger partial charge in [-0.15, -0.1) is 0 Å². The predicted octanol–water partition coefficient (Wildman–Crippen LogP) is 5.66. The van der Waals surface area contributed by atoms with Crippen LogP contribution in [0, 0.1) is 5.92 Å². The molecule has 1 aliphatic rings. The highest BCUT2D eigenvalue weighted by Gasteiger charge is 2.48. The summed E-state index contributed by atoms with van der Waals surface area (Å²) in [5.74, 6) is -1.69. The second kappa shape index (κ2) is 9.12. The highest BCUT2D eigenvalue weighted by atomic mass is 35.5. The van der Waals surface area contributed by atoms with Gasteiger partial charge in [0.15, 0.2) is 5.92 Å². The standard InChI is InChI=1S/C26H21Cl2N3O3/c1-2-34-25(33)22-23(18-13-12-17(27)14-19(18)28)31-21-11-7-6-10-20(21)29-26(31)30(24(22)32)15-16-8-4-3-5-9-16/h3-14,22-23H,2,15H2,1H3. The number of amides is 1. The molecule has 0 bridgehead atoms. The van der Waals surface area contributed by atoms with Crippen LogP contribution >= 0.6 is 23.2 Å². The van der Waals surface area contributed by atoms with Crippen LogP contribution in [0.25, 0.3) is 11.0 Å². The summed E-state index contributed by atoms with van der Waals surface area (Å²) in [6.07, 6.45) is 0. The molecule has 2 atom stereocenters. The molecule has 0 spiro atoms. The van der Waals surface area contributed by atoms with Crippen molar-refractivity contribution in [2.24, 2.45) is 5.92 Å². The molecule has 4 aromatic rings. The smallest absolute Gasteiger partial charge is 0.321 e. The number of imidazole rings is 1. The number of ether oxygens (including phenoxy) is 1.